The summed E-state index contributed by atoms with van der Waals surface area (Å²) in [6, 6.07) is -0.541. The maximum absolute atomic E-state index is 12.5. The Kier molecular flexibility index (Phi) is 6.68. The SMILES string of the molecule is CCn1cc(C(=O)O)c(=O)c2cnc(N3CCN(C(=S)N[C@@H](C)C(=O)OC)CC3)nc21. The van der Waals surface area contributed by atoms with Gasteiger partial charge in [-0.3, -0.25) is 4.79 Å². The summed E-state index contributed by atoms with van der Waals surface area (Å²) >= 11 is 5.39. The van der Waals surface area contributed by atoms with Crippen molar-refractivity contribution < 1.29 is 19.4 Å². The molecule has 0 amide bonds. The number of pyridine rings is 1. The second-order valence-electron chi connectivity index (χ2n) is 7.04. The van der Waals surface area contributed by atoms with Gasteiger partial charge in [0.2, 0.25) is 11.4 Å². The van der Waals surface area contributed by atoms with E-state index in [1.807, 2.05) is 16.7 Å². The van der Waals surface area contributed by atoms with Crippen LogP contribution in [0.2, 0.25) is 0 Å². The molecular weight excluding hydrogens is 424 g/mol. The Morgan fingerprint density at radius 1 is 1.32 bits per heavy atom. The average molecular weight is 449 g/mol. The summed E-state index contributed by atoms with van der Waals surface area (Å²) in [6.45, 7) is 6.35. The lowest BCUT2D eigenvalue weighted by Gasteiger charge is -2.36. The molecule has 2 N–H and O–H groups in total. The number of thiocarbonyl (C=S) groups is 1. The molecule has 2 aromatic rings. The molecule has 0 aromatic carbocycles. The number of aromatic carboxylic acids is 1. The summed E-state index contributed by atoms with van der Waals surface area (Å²) in [6.07, 6.45) is 2.70. The standard InChI is InChI=1S/C19H24N6O5S/c1-4-23-10-13(16(27)28)14(26)12-9-20-18(22-15(12)23)24-5-7-25(8-6-24)19(31)21-11(2)17(29)30-3/h9-11H,4-8H2,1-3H3,(H,21,31)(H,27,28)/t11-/m0/s1. The Morgan fingerprint density at radius 3 is 2.58 bits per heavy atom. The zero-order chi connectivity index (χ0) is 22.7. The summed E-state index contributed by atoms with van der Waals surface area (Å²) in [5.74, 6) is -1.21. The number of carboxylic acid groups (broad SMARTS) is 1. The van der Waals surface area contributed by atoms with Crippen molar-refractivity contribution in [3.8, 4) is 0 Å². The molecule has 1 aliphatic heterocycles. The van der Waals surface area contributed by atoms with Gasteiger partial charge in [0.05, 0.1) is 12.5 Å². The molecule has 1 aliphatic rings. The smallest absolute Gasteiger partial charge is 0.341 e. The second kappa shape index (κ2) is 9.25. The number of rotatable bonds is 5. The molecule has 2 aromatic heterocycles. The molecule has 1 saturated heterocycles. The van der Waals surface area contributed by atoms with Crippen LogP contribution in [-0.4, -0.2) is 80.9 Å². The number of aromatic nitrogens is 3. The van der Waals surface area contributed by atoms with Crippen molar-refractivity contribution in [2.75, 3.05) is 38.2 Å². The highest BCUT2D eigenvalue weighted by molar-refractivity contribution is 7.80. The van der Waals surface area contributed by atoms with Crippen molar-refractivity contribution in [3.63, 3.8) is 0 Å². The summed E-state index contributed by atoms with van der Waals surface area (Å²) in [5, 5.41) is 12.9. The molecule has 166 valence electrons. The minimum absolute atomic E-state index is 0.173. The number of nitrogens with one attached hydrogen (secondary N) is 1. The number of anilines is 1. The van der Waals surface area contributed by atoms with Crippen LogP contribution >= 0.6 is 12.2 Å². The van der Waals surface area contributed by atoms with Crippen molar-refractivity contribution in [2.24, 2.45) is 0 Å². The van der Waals surface area contributed by atoms with E-state index in [2.05, 4.69) is 15.3 Å². The van der Waals surface area contributed by atoms with Crippen LogP contribution in [-0.2, 0) is 16.1 Å². The molecule has 1 atom stereocenters. The number of carboxylic acids is 1. The zero-order valence-corrected chi connectivity index (χ0v) is 18.3. The van der Waals surface area contributed by atoms with E-state index >= 15 is 0 Å². The van der Waals surface area contributed by atoms with Gasteiger partial charge in [0.1, 0.15) is 17.3 Å². The molecular formula is C19H24N6O5S. The predicted octanol–water partition coefficient (Wildman–Crippen LogP) is 0.0676. The van der Waals surface area contributed by atoms with Gasteiger partial charge in [-0.05, 0) is 26.1 Å². The first kappa shape index (κ1) is 22.4. The fourth-order valence-electron chi connectivity index (χ4n) is 3.33. The van der Waals surface area contributed by atoms with Crippen molar-refractivity contribution in [3.05, 3.63) is 28.2 Å². The van der Waals surface area contributed by atoms with Crippen LogP contribution in [0.5, 0.6) is 0 Å². The molecule has 31 heavy (non-hydrogen) atoms. The highest BCUT2D eigenvalue weighted by Crippen LogP contribution is 2.16. The molecule has 0 saturated carbocycles. The van der Waals surface area contributed by atoms with E-state index in [1.54, 1.807) is 11.5 Å². The van der Waals surface area contributed by atoms with E-state index in [4.69, 9.17) is 17.0 Å². The van der Waals surface area contributed by atoms with Crippen LogP contribution in [0.1, 0.15) is 24.2 Å². The number of fused-ring (bicyclic) bond motifs is 1. The largest absolute Gasteiger partial charge is 0.477 e. The number of ether oxygens (including phenoxy) is 1. The third-order valence-corrected chi connectivity index (χ3v) is 5.49. The predicted molar refractivity (Wildman–Crippen MR) is 117 cm³/mol. The lowest BCUT2D eigenvalue weighted by atomic mass is 10.2. The molecule has 12 heteroatoms. The lowest BCUT2D eigenvalue weighted by molar-refractivity contribution is -0.142. The van der Waals surface area contributed by atoms with Gasteiger partial charge in [-0.25, -0.2) is 14.6 Å². The van der Waals surface area contributed by atoms with Crippen LogP contribution < -0.4 is 15.6 Å². The van der Waals surface area contributed by atoms with Crippen molar-refractivity contribution >= 4 is 46.3 Å². The van der Waals surface area contributed by atoms with E-state index in [0.717, 1.165) is 0 Å². The van der Waals surface area contributed by atoms with Gasteiger partial charge in [-0.15, -0.1) is 0 Å². The maximum Gasteiger partial charge on any atom is 0.341 e. The summed E-state index contributed by atoms with van der Waals surface area (Å²) in [7, 11) is 1.33. The third kappa shape index (κ3) is 4.58. The maximum atomic E-state index is 12.5. The molecule has 0 spiro atoms. The normalized spacial score (nSPS) is 14.9. The number of hydrogen-bond donors (Lipinski definition) is 2. The molecule has 1 fully saturated rings. The van der Waals surface area contributed by atoms with Gasteiger partial charge >= 0.3 is 11.9 Å². The quantitative estimate of drug-likeness (QED) is 0.476. The van der Waals surface area contributed by atoms with E-state index in [9.17, 15) is 19.5 Å². The van der Waals surface area contributed by atoms with Gasteiger partial charge in [0.15, 0.2) is 5.11 Å². The molecule has 3 rings (SSSR count). The zero-order valence-electron chi connectivity index (χ0n) is 17.5. The molecule has 0 unspecified atom stereocenters. The van der Waals surface area contributed by atoms with Crippen LogP contribution in [0.3, 0.4) is 0 Å². The number of aryl methyl sites for hydroxylation is 1. The Labute approximate surface area is 183 Å². The summed E-state index contributed by atoms with van der Waals surface area (Å²) in [4.78, 5) is 48.1. The number of piperazine rings is 1. The first-order valence-electron chi connectivity index (χ1n) is 9.78. The fraction of sp³-hybridized carbons (Fsp3) is 0.474. The molecule has 3 heterocycles. The second-order valence-corrected chi connectivity index (χ2v) is 7.43. The number of hydrogen-bond acceptors (Lipinski definition) is 8. The van der Waals surface area contributed by atoms with Gasteiger partial charge < -0.3 is 29.5 Å². The van der Waals surface area contributed by atoms with Gasteiger partial charge in [-0.2, -0.15) is 4.98 Å². The van der Waals surface area contributed by atoms with Crippen molar-refractivity contribution in [2.45, 2.75) is 26.4 Å². The number of carbonyl (C=O) groups excluding carboxylic acids is 1. The Morgan fingerprint density at radius 2 is 2.00 bits per heavy atom. The number of esters is 1. The lowest BCUT2D eigenvalue weighted by Crippen LogP contribution is -2.54. The molecule has 0 aliphatic carbocycles. The number of nitrogens with zero attached hydrogens (tertiary/aromatic N) is 5. The van der Waals surface area contributed by atoms with Crippen molar-refractivity contribution in [1.29, 1.82) is 0 Å². The first-order chi connectivity index (χ1) is 14.8. The molecule has 11 nitrogen and oxygen atoms in total. The topological polar surface area (TPSA) is 130 Å². The van der Waals surface area contributed by atoms with E-state index in [-0.39, 0.29) is 10.9 Å². The van der Waals surface area contributed by atoms with Gasteiger partial charge in [0.25, 0.3) is 0 Å². The minimum Gasteiger partial charge on any atom is -0.477 e. The highest BCUT2D eigenvalue weighted by Gasteiger charge is 2.24. The Bertz CT molecular complexity index is 1080. The Hall–Kier alpha value is -3.28. The number of methoxy groups -OCH3 is 1. The monoisotopic (exact) mass is 448 g/mol. The van der Waals surface area contributed by atoms with Crippen LogP contribution in [0.15, 0.2) is 17.2 Å². The average Bonchev–Trinajstić information content (AvgIpc) is 2.78. The van der Waals surface area contributed by atoms with E-state index in [1.165, 1.54) is 19.5 Å². The third-order valence-electron chi connectivity index (χ3n) is 5.12. The fourth-order valence-corrected chi connectivity index (χ4v) is 3.69. The Balaban J connectivity index is 1.76. The van der Waals surface area contributed by atoms with Gasteiger partial charge in [0, 0.05) is 45.1 Å². The van der Waals surface area contributed by atoms with Crippen LogP contribution in [0.25, 0.3) is 11.0 Å². The highest BCUT2D eigenvalue weighted by atomic mass is 32.1. The van der Waals surface area contributed by atoms with Crippen LogP contribution in [0.4, 0.5) is 5.95 Å². The summed E-state index contributed by atoms with van der Waals surface area (Å²) < 4.78 is 6.33. The molecule has 0 radical (unpaired) electrons. The van der Waals surface area contributed by atoms with E-state index in [0.29, 0.717) is 49.4 Å². The minimum atomic E-state index is -1.28. The summed E-state index contributed by atoms with van der Waals surface area (Å²) in [5.41, 5.74) is -0.504. The number of carbonyl (C=O) groups is 2. The van der Waals surface area contributed by atoms with Crippen molar-refractivity contribution in [1.82, 2.24) is 24.8 Å². The van der Waals surface area contributed by atoms with Gasteiger partial charge in [-0.1, -0.05) is 0 Å². The molecule has 0 bridgehead atoms. The van der Waals surface area contributed by atoms with Crippen LogP contribution in [0, 0.1) is 0 Å². The first-order valence-corrected chi connectivity index (χ1v) is 10.2. The van der Waals surface area contributed by atoms with E-state index < -0.39 is 23.4 Å².